The molecular weight excluding hydrogens is 360 g/mol. The minimum atomic E-state index is 0.125. The van der Waals surface area contributed by atoms with Gasteiger partial charge >= 0.3 is 0 Å². The zero-order valence-corrected chi connectivity index (χ0v) is 19.1. The summed E-state index contributed by atoms with van der Waals surface area (Å²) in [6.45, 7) is 14.0. The monoisotopic (exact) mass is 392 g/mol. The van der Waals surface area contributed by atoms with Crippen molar-refractivity contribution in [3.05, 3.63) is 100 Å². The van der Waals surface area contributed by atoms with Crippen LogP contribution in [0.3, 0.4) is 0 Å². The molecular formula is C30H32. The van der Waals surface area contributed by atoms with E-state index in [-0.39, 0.29) is 10.8 Å². The maximum atomic E-state index is 2.54. The van der Waals surface area contributed by atoms with Gasteiger partial charge in [0.25, 0.3) is 0 Å². The largest absolute Gasteiger partial charge is 0.0682 e. The molecule has 0 bridgehead atoms. The third kappa shape index (κ3) is 2.88. The highest BCUT2D eigenvalue weighted by Gasteiger charge is 2.35. The van der Waals surface area contributed by atoms with E-state index in [1.165, 1.54) is 50.1 Å². The van der Waals surface area contributed by atoms with E-state index < -0.39 is 0 Å². The molecule has 30 heavy (non-hydrogen) atoms. The normalized spacial score (nSPS) is 17.4. The number of hydrogen-bond donors (Lipinski definition) is 0. The van der Waals surface area contributed by atoms with Gasteiger partial charge in [-0.25, -0.2) is 0 Å². The molecule has 1 unspecified atom stereocenters. The van der Waals surface area contributed by atoms with E-state index in [0.29, 0.717) is 5.92 Å². The van der Waals surface area contributed by atoms with Crippen LogP contribution in [0.25, 0.3) is 16.7 Å². The maximum absolute atomic E-state index is 2.54. The Balaban J connectivity index is 1.76. The van der Waals surface area contributed by atoms with E-state index in [1.54, 1.807) is 0 Å². The van der Waals surface area contributed by atoms with Crippen LogP contribution in [0.1, 0.15) is 80.8 Å². The van der Waals surface area contributed by atoms with Gasteiger partial charge in [0, 0.05) is 5.92 Å². The van der Waals surface area contributed by atoms with Gasteiger partial charge in [0.05, 0.1) is 0 Å². The van der Waals surface area contributed by atoms with Gasteiger partial charge in [-0.3, -0.25) is 0 Å². The van der Waals surface area contributed by atoms with E-state index in [0.717, 1.165) is 6.42 Å². The van der Waals surface area contributed by atoms with Crippen LogP contribution in [0.5, 0.6) is 0 Å². The van der Waals surface area contributed by atoms with Crippen molar-refractivity contribution in [1.82, 2.24) is 0 Å². The Hall–Kier alpha value is -2.60. The van der Waals surface area contributed by atoms with Crippen molar-refractivity contribution in [2.45, 2.75) is 59.3 Å². The van der Waals surface area contributed by atoms with Crippen LogP contribution in [0.2, 0.25) is 0 Å². The Bertz CT molecular complexity index is 1180. The summed E-state index contributed by atoms with van der Waals surface area (Å²) >= 11 is 0. The van der Waals surface area contributed by atoms with Gasteiger partial charge in [0.15, 0.2) is 0 Å². The number of hydrogen-bond acceptors (Lipinski definition) is 0. The summed E-state index contributed by atoms with van der Waals surface area (Å²) in [6.07, 6.45) is 3.59. The summed E-state index contributed by atoms with van der Waals surface area (Å²) in [5, 5.41) is 0. The van der Waals surface area contributed by atoms with Crippen molar-refractivity contribution in [2.24, 2.45) is 5.41 Å². The summed E-state index contributed by atoms with van der Waals surface area (Å²) in [4.78, 5) is 0. The summed E-state index contributed by atoms with van der Waals surface area (Å²) in [7, 11) is 0. The van der Waals surface area contributed by atoms with E-state index in [4.69, 9.17) is 0 Å². The molecule has 0 nitrogen and oxygen atoms in total. The Kier molecular flexibility index (Phi) is 4.16. The highest BCUT2D eigenvalue weighted by molar-refractivity contribution is 5.84. The molecule has 0 fully saturated rings. The van der Waals surface area contributed by atoms with Crippen LogP contribution < -0.4 is 0 Å². The smallest absolute Gasteiger partial charge is 0.0284 e. The fourth-order valence-corrected chi connectivity index (χ4v) is 5.46. The lowest BCUT2D eigenvalue weighted by Crippen LogP contribution is -2.14. The van der Waals surface area contributed by atoms with Crippen molar-refractivity contribution in [3.8, 4) is 11.1 Å². The molecule has 3 aromatic rings. The molecule has 152 valence electrons. The van der Waals surface area contributed by atoms with Gasteiger partial charge in [0.2, 0.25) is 0 Å². The van der Waals surface area contributed by atoms with Gasteiger partial charge < -0.3 is 0 Å². The predicted molar refractivity (Wildman–Crippen MR) is 129 cm³/mol. The van der Waals surface area contributed by atoms with E-state index in [1.807, 2.05) is 0 Å². The van der Waals surface area contributed by atoms with Crippen molar-refractivity contribution in [2.75, 3.05) is 0 Å². The lowest BCUT2D eigenvalue weighted by molar-refractivity contribution is 0.567. The van der Waals surface area contributed by atoms with E-state index >= 15 is 0 Å². The first-order chi connectivity index (χ1) is 14.2. The third-order valence-corrected chi connectivity index (χ3v) is 6.87. The molecule has 0 saturated carbocycles. The van der Waals surface area contributed by atoms with Crippen molar-refractivity contribution < 1.29 is 0 Å². The van der Waals surface area contributed by atoms with Gasteiger partial charge in [-0.1, -0.05) is 108 Å². The molecule has 0 N–H and O–H groups in total. The summed E-state index contributed by atoms with van der Waals surface area (Å²) < 4.78 is 0. The molecule has 5 rings (SSSR count). The Morgan fingerprint density at radius 2 is 1.33 bits per heavy atom. The molecule has 0 radical (unpaired) electrons. The molecule has 0 heteroatoms. The average molecular weight is 393 g/mol. The second-order valence-corrected chi connectivity index (χ2v) is 11.0. The van der Waals surface area contributed by atoms with Crippen LogP contribution in [0.15, 0.2) is 66.7 Å². The highest BCUT2D eigenvalue weighted by Crippen LogP contribution is 2.51. The Morgan fingerprint density at radius 1 is 0.667 bits per heavy atom. The van der Waals surface area contributed by atoms with Gasteiger partial charge in [-0.05, 0) is 67.3 Å². The molecule has 2 aliphatic carbocycles. The van der Waals surface area contributed by atoms with Crippen LogP contribution in [0.4, 0.5) is 0 Å². The minimum absolute atomic E-state index is 0.125. The summed E-state index contributed by atoms with van der Waals surface area (Å²) in [5.74, 6) is 0.340. The number of rotatable bonds is 1. The number of fused-ring (bicyclic) bond motifs is 4. The van der Waals surface area contributed by atoms with Gasteiger partial charge in [0.1, 0.15) is 0 Å². The number of allylic oxidation sites excluding steroid dienone is 2. The fraction of sp³-hybridized carbons (Fsp3) is 0.333. The molecule has 0 heterocycles. The first-order valence-corrected chi connectivity index (χ1v) is 11.2. The Morgan fingerprint density at radius 3 is 2.03 bits per heavy atom. The maximum Gasteiger partial charge on any atom is 0.0284 e. The summed E-state index contributed by atoms with van der Waals surface area (Å²) in [5.41, 5.74) is 13.5. The highest BCUT2D eigenvalue weighted by atomic mass is 14.4. The molecule has 3 aromatic carbocycles. The van der Waals surface area contributed by atoms with Crippen LogP contribution in [-0.4, -0.2) is 0 Å². The van der Waals surface area contributed by atoms with Crippen LogP contribution >= 0.6 is 0 Å². The van der Waals surface area contributed by atoms with E-state index in [9.17, 15) is 0 Å². The number of benzene rings is 3. The van der Waals surface area contributed by atoms with Crippen LogP contribution in [0, 0.1) is 5.41 Å². The van der Waals surface area contributed by atoms with Crippen molar-refractivity contribution in [1.29, 1.82) is 0 Å². The average Bonchev–Trinajstić information content (AvgIpc) is 3.25. The molecule has 0 saturated heterocycles. The third-order valence-electron chi connectivity index (χ3n) is 6.87. The zero-order chi connectivity index (χ0) is 21.3. The van der Waals surface area contributed by atoms with Crippen LogP contribution in [-0.2, 0) is 11.8 Å². The standard InChI is InChI=1S/C30H32/c1-29(2,3)26-16-15-22(25-17-19-11-7-8-12-20(19)28(25)26)24-18-27(30(4,5)6)23-14-10-9-13-21(23)24/h7-16,18,24H,17H2,1-6H3. The first kappa shape index (κ1) is 19.4. The molecule has 0 spiro atoms. The van der Waals surface area contributed by atoms with Gasteiger partial charge in [-0.2, -0.15) is 0 Å². The molecule has 0 aliphatic heterocycles. The summed E-state index contributed by atoms with van der Waals surface area (Å²) in [6, 6.07) is 22.9. The molecule has 0 amide bonds. The van der Waals surface area contributed by atoms with Crippen molar-refractivity contribution in [3.63, 3.8) is 0 Å². The van der Waals surface area contributed by atoms with Gasteiger partial charge in [-0.15, -0.1) is 0 Å². The lowest BCUT2D eigenvalue weighted by atomic mass is 9.78. The molecule has 2 aliphatic rings. The molecule has 0 aromatic heterocycles. The quantitative estimate of drug-likeness (QED) is 0.307. The predicted octanol–water partition coefficient (Wildman–Crippen LogP) is 8.13. The second-order valence-electron chi connectivity index (χ2n) is 11.0. The zero-order valence-electron chi connectivity index (χ0n) is 19.1. The second kappa shape index (κ2) is 6.45. The SMILES string of the molecule is CC(C)(C)C1=CC(c2ccc(C(C)(C)C)c3c2Cc2ccccc2-3)c2ccccc21. The topological polar surface area (TPSA) is 0 Å². The first-order valence-electron chi connectivity index (χ1n) is 11.2. The van der Waals surface area contributed by atoms with Crippen molar-refractivity contribution >= 4 is 5.57 Å². The molecule has 1 atom stereocenters. The van der Waals surface area contributed by atoms with E-state index in [2.05, 4.69) is 108 Å². The Labute approximate surface area is 181 Å². The fourth-order valence-electron chi connectivity index (χ4n) is 5.46. The minimum Gasteiger partial charge on any atom is -0.0682 e. The lowest BCUT2D eigenvalue weighted by Gasteiger charge is -2.26.